The molecule has 0 radical (unpaired) electrons. The van der Waals surface area contributed by atoms with Gasteiger partial charge >= 0.3 is 0 Å². The molecule has 0 aliphatic carbocycles. The van der Waals surface area contributed by atoms with Crippen LogP contribution in [0.1, 0.15) is 5.56 Å². The summed E-state index contributed by atoms with van der Waals surface area (Å²) in [5.74, 6) is -0.425. The number of rotatable bonds is 6. The van der Waals surface area contributed by atoms with Gasteiger partial charge < -0.3 is 10.1 Å². The van der Waals surface area contributed by atoms with Crippen LogP contribution < -0.4 is 5.32 Å². The normalized spacial score (nSPS) is 11.0. The van der Waals surface area contributed by atoms with Crippen molar-refractivity contribution in [3.8, 4) is 11.3 Å². The fraction of sp³-hybridized carbons (Fsp3) is 0.357. The van der Waals surface area contributed by atoms with Crippen LogP contribution in [-0.4, -0.2) is 30.0 Å². The van der Waals surface area contributed by atoms with E-state index in [0.29, 0.717) is 13.2 Å². The summed E-state index contributed by atoms with van der Waals surface area (Å²) in [5, 5.41) is 7.78. The SMILES string of the molecule is COCCNCc1cn(C)nc1-c1ccc(F)c(Cl)c1. The number of hydrogen-bond acceptors (Lipinski definition) is 3. The molecule has 0 aliphatic rings. The fourth-order valence-corrected chi connectivity index (χ4v) is 2.13. The minimum absolute atomic E-state index is 0.103. The largest absolute Gasteiger partial charge is 0.383 e. The molecule has 1 aromatic carbocycles. The van der Waals surface area contributed by atoms with Crippen molar-refractivity contribution < 1.29 is 9.13 Å². The summed E-state index contributed by atoms with van der Waals surface area (Å²) in [4.78, 5) is 0. The molecule has 6 heteroatoms. The number of benzene rings is 1. The van der Waals surface area contributed by atoms with Crippen LogP contribution in [-0.2, 0) is 18.3 Å². The monoisotopic (exact) mass is 297 g/mol. The van der Waals surface area contributed by atoms with E-state index in [1.54, 1.807) is 23.9 Å². The predicted molar refractivity (Wildman–Crippen MR) is 77.2 cm³/mol. The summed E-state index contributed by atoms with van der Waals surface area (Å²) in [6.07, 6.45) is 1.94. The van der Waals surface area contributed by atoms with Crippen molar-refractivity contribution >= 4 is 11.6 Å². The minimum atomic E-state index is -0.425. The second-order valence-corrected chi connectivity index (χ2v) is 4.88. The lowest BCUT2D eigenvalue weighted by Crippen LogP contribution is -2.18. The molecule has 0 saturated carbocycles. The molecule has 0 bridgehead atoms. The number of ether oxygens (including phenoxy) is 1. The van der Waals surface area contributed by atoms with Crippen LogP contribution in [0.25, 0.3) is 11.3 Å². The van der Waals surface area contributed by atoms with Gasteiger partial charge in [-0.1, -0.05) is 11.6 Å². The van der Waals surface area contributed by atoms with Crippen LogP contribution in [0.5, 0.6) is 0 Å². The molecule has 2 aromatic rings. The molecule has 0 unspecified atom stereocenters. The Morgan fingerprint density at radius 2 is 2.25 bits per heavy atom. The van der Waals surface area contributed by atoms with E-state index < -0.39 is 5.82 Å². The molecule has 1 aromatic heterocycles. The Labute approximate surface area is 122 Å². The van der Waals surface area contributed by atoms with Gasteiger partial charge in [0.1, 0.15) is 5.82 Å². The van der Waals surface area contributed by atoms with E-state index in [9.17, 15) is 4.39 Å². The molecule has 108 valence electrons. The summed E-state index contributed by atoms with van der Waals surface area (Å²) in [6.45, 7) is 2.08. The number of halogens is 2. The summed E-state index contributed by atoms with van der Waals surface area (Å²) in [6, 6.07) is 4.63. The zero-order valence-electron chi connectivity index (χ0n) is 11.5. The van der Waals surface area contributed by atoms with Crippen molar-refractivity contribution in [2.24, 2.45) is 7.05 Å². The van der Waals surface area contributed by atoms with Crippen molar-refractivity contribution in [3.63, 3.8) is 0 Å². The van der Waals surface area contributed by atoms with Crippen LogP contribution in [0, 0.1) is 5.82 Å². The number of methoxy groups -OCH3 is 1. The Kier molecular flexibility index (Phi) is 5.11. The molecule has 0 fully saturated rings. The van der Waals surface area contributed by atoms with E-state index in [1.807, 2.05) is 13.2 Å². The van der Waals surface area contributed by atoms with Crippen molar-refractivity contribution in [1.82, 2.24) is 15.1 Å². The molecule has 2 rings (SSSR count). The third-order valence-corrected chi connectivity index (χ3v) is 3.19. The van der Waals surface area contributed by atoms with E-state index in [4.69, 9.17) is 16.3 Å². The lowest BCUT2D eigenvalue weighted by Gasteiger charge is -2.05. The number of aryl methyl sites for hydroxylation is 1. The number of hydrogen-bond donors (Lipinski definition) is 1. The summed E-state index contributed by atoms with van der Waals surface area (Å²) < 4.78 is 19.9. The van der Waals surface area contributed by atoms with E-state index in [-0.39, 0.29) is 5.02 Å². The maximum Gasteiger partial charge on any atom is 0.141 e. The van der Waals surface area contributed by atoms with E-state index in [1.165, 1.54) is 6.07 Å². The van der Waals surface area contributed by atoms with Gasteiger partial charge in [-0.3, -0.25) is 4.68 Å². The number of aromatic nitrogens is 2. The van der Waals surface area contributed by atoms with Gasteiger partial charge in [-0.25, -0.2) is 4.39 Å². The highest BCUT2D eigenvalue weighted by Crippen LogP contribution is 2.26. The summed E-state index contributed by atoms with van der Waals surface area (Å²) in [7, 11) is 3.52. The van der Waals surface area contributed by atoms with Crippen LogP contribution in [0.3, 0.4) is 0 Å². The Hall–Kier alpha value is -1.43. The first-order valence-corrected chi connectivity index (χ1v) is 6.67. The number of nitrogens with one attached hydrogen (secondary N) is 1. The molecule has 0 saturated heterocycles. The highest BCUT2D eigenvalue weighted by molar-refractivity contribution is 6.31. The van der Waals surface area contributed by atoms with Gasteiger partial charge in [-0.05, 0) is 18.2 Å². The Balaban J connectivity index is 2.20. The molecule has 4 nitrogen and oxygen atoms in total. The zero-order valence-corrected chi connectivity index (χ0v) is 12.2. The average Bonchev–Trinajstić information content (AvgIpc) is 2.79. The first-order valence-electron chi connectivity index (χ1n) is 6.29. The van der Waals surface area contributed by atoms with Crippen LogP contribution in [0.2, 0.25) is 5.02 Å². The zero-order chi connectivity index (χ0) is 14.5. The third-order valence-electron chi connectivity index (χ3n) is 2.90. The Morgan fingerprint density at radius 1 is 1.45 bits per heavy atom. The van der Waals surface area contributed by atoms with Gasteiger partial charge in [0, 0.05) is 44.6 Å². The fourth-order valence-electron chi connectivity index (χ4n) is 1.95. The standard InChI is InChI=1S/C14H17ClFN3O/c1-19-9-11(8-17-5-6-20-2)14(18-19)10-3-4-13(16)12(15)7-10/h3-4,7,9,17H,5-6,8H2,1-2H3. The molecule has 1 N–H and O–H groups in total. The maximum absolute atomic E-state index is 13.2. The van der Waals surface area contributed by atoms with Gasteiger partial charge in [-0.2, -0.15) is 5.10 Å². The van der Waals surface area contributed by atoms with Gasteiger partial charge in [-0.15, -0.1) is 0 Å². The molecule has 1 heterocycles. The third kappa shape index (κ3) is 3.56. The van der Waals surface area contributed by atoms with Gasteiger partial charge in [0.05, 0.1) is 17.3 Å². The maximum atomic E-state index is 13.2. The van der Waals surface area contributed by atoms with Crippen molar-refractivity contribution in [2.75, 3.05) is 20.3 Å². The topological polar surface area (TPSA) is 39.1 Å². The van der Waals surface area contributed by atoms with E-state index in [0.717, 1.165) is 23.4 Å². The second kappa shape index (κ2) is 6.83. The first kappa shape index (κ1) is 15.0. The van der Waals surface area contributed by atoms with Crippen molar-refractivity contribution in [2.45, 2.75) is 6.54 Å². The molecule has 0 spiro atoms. The van der Waals surface area contributed by atoms with Gasteiger partial charge in [0.25, 0.3) is 0 Å². The predicted octanol–water partition coefficient (Wildman–Crippen LogP) is 2.62. The molecule has 0 atom stereocenters. The van der Waals surface area contributed by atoms with Gasteiger partial charge in [0.15, 0.2) is 0 Å². The van der Waals surface area contributed by atoms with Crippen LogP contribution in [0.15, 0.2) is 24.4 Å². The molecular formula is C14H17ClFN3O. The lowest BCUT2D eigenvalue weighted by molar-refractivity contribution is 0.199. The van der Waals surface area contributed by atoms with Crippen LogP contribution in [0.4, 0.5) is 4.39 Å². The Bertz CT molecular complexity index is 586. The van der Waals surface area contributed by atoms with E-state index in [2.05, 4.69) is 10.4 Å². The van der Waals surface area contributed by atoms with Crippen LogP contribution >= 0.6 is 11.6 Å². The Morgan fingerprint density at radius 3 is 2.95 bits per heavy atom. The second-order valence-electron chi connectivity index (χ2n) is 4.48. The molecule has 0 amide bonds. The molecule has 20 heavy (non-hydrogen) atoms. The highest BCUT2D eigenvalue weighted by Gasteiger charge is 2.11. The average molecular weight is 298 g/mol. The van der Waals surface area contributed by atoms with Gasteiger partial charge in [0.2, 0.25) is 0 Å². The molecular weight excluding hydrogens is 281 g/mol. The summed E-state index contributed by atoms with van der Waals surface area (Å²) in [5.41, 5.74) is 2.64. The molecule has 0 aliphatic heterocycles. The summed E-state index contributed by atoms with van der Waals surface area (Å²) >= 11 is 5.83. The lowest BCUT2D eigenvalue weighted by atomic mass is 10.1. The van der Waals surface area contributed by atoms with Crippen molar-refractivity contribution in [1.29, 1.82) is 0 Å². The smallest absolute Gasteiger partial charge is 0.141 e. The highest BCUT2D eigenvalue weighted by atomic mass is 35.5. The quantitative estimate of drug-likeness (QED) is 0.833. The first-order chi connectivity index (χ1) is 9.61. The number of nitrogens with zero attached hydrogens (tertiary/aromatic N) is 2. The minimum Gasteiger partial charge on any atom is -0.383 e. The van der Waals surface area contributed by atoms with E-state index >= 15 is 0 Å². The van der Waals surface area contributed by atoms with Crippen molar-refractivity contribution in [3.05, 3.63) is 40.8 Å².